The molecule has 5 rings (SSSR count). The molecule has 9 heteroatoms. The number of amides is 1. The molecule has 6 nitrogen and oxygen atoms in total. The molecule has 0 saturated carbocycles. The molecular weight excluding hydrogens is 451 g/mol. The lowest BCUT2D eigenvalue weighted by atomic mass is 10.0. The Bertz CT molecular complexity index is 1340. The number of imidazole rings is 1. The van der Waals surface area contributed by atoms with Gasteiger partial charge in [0.05, 0.1) is 28.1 Å². The molecule has 1 aromatic carbocycles. The van der Waals surface area contributed by atoms with Crippen LogP contribution in [-0.4, -0.2) is 37.5 Å². The molecule has 1 amide bonds. The first-order chi connectivity index (χ1) is 15.2. The number of likely N-dealkylation sites (tertiary alicyclic amines) is 1. The Morgan fingerprint density at radius 2 is 2.12 bits per heavy atom. The Morgan fingerprint density at radius 1 is 1.31 bits per heavy atom. The number of carbonyl (C=O) groups is 1. The number of ether oxygens (including phenoxy) is 1. The van der Waals surface area contributed by atoms with Crippen molar-refractivity contribution >= 4 is 44.2 Å². The summed E-state index contributed by atoms with van der Waals surface area (Å²) in [5, 5.41) is 0.427. The van der Waals surface area contributed by atoms with Crippen molar-refractivity contribution in [2.75, 3.05) is 6.54 Å². The van der Waals surface area contributed by atoms with Crippen molar-refractivity contribution in [2.24, 2.45) is 0 Å². The van der Waals surface area contributed by atoms with Gasteiger partial charge in [-0.3, -0.25) is 4.40 Å². The number of carbonyl (C=O) groups excluding carboxylic acids is 1. The van der Waals surface area contributed by atoms with E-state index in [2.05, 4.69) is 9.97 Å². The number of benzene rings is 1. The Labute approximate surface area is 193 Å². The van der Waals surface area contributed by atoms with Crippen molar-refractivity contribution in [3.8, 4) is 11.3 Å². The van der Waals surface area contributed by atoms with Crippen LogP contribution in [0.2, 0.25) is 5.15 Å². The van der Waals surface area contributed by atoms with Crippen molar-refractivity contribution < 1.29 is 13.9 Å². The Kier molecular flexibility index (Phi) is 5.09. The normalized spacial score (nSPS) is 16.9. The van der Waals surface area contributed by atoms with Crippen LogP contribution in [0.15, 0.2) is 36.7 Å². The molecule has 0 spiro atoms. The minimum Gasteiger partial charge on any atom is -0.444 e. The molecule has 1 unspecified atom stereocenters. The molecule has 0 bridgehead atoms. The van der Waals surface area contributed by atoms with Gasteiger partial charge >= 0.3 is 6.09 Å². The number of rotatable bonds is 2. The highest BCUT2D eigenvalue weighted by Gasteiger charge is 2.33. The maximum absolute atomic E-state index is 15.2. The van der Waals surface area contributed by atoms with Gasteiger partial charge in [0, 0.05) is 18.3 Å². The molecule has 4 heterocycles. The molecular formula is C23H22ClFN4O2S. The van der Waals surface area contributed by atoms with Gasteiger partial charge in [0.1, 0.15) is 16.6 Å². The predicted molar refractivity (Wildman–Crippen MR) is 124 cm³/mol. The van der Waals surface area contributed by atoms with Crippen LogP contribution in [0.4, 0.5) is 9.18 Å². The fourth-order valence-electron chi connectivity index (χ4n) is 4.10. The van der Waals surface area contributed by atoms with Crippen molar-refractivity contribution in [3.63, 3.8) is 0 Å². The van der Waals surface area contributed by atoms with E-state index in [-0.39, 0.29) is 18.0 Å². The number of aromatic nitrogens is 3. The van der Waals surface area contributed by atoms with Crippen molar-refractivity contribution in [1.82, 2.24) is 19.3 Å². The smallest absolute Gasteiger partial charge is 0.410 e. The Morgan fingerprint density at radius 3 is 2.88 bits per heavy atom. The summed E-state index contributed by atoms with van der Waals surface area (Å²) in [6.07, 6.45) is 4.77. The zero-order chi connectivity index (χ0) is 22.6. The second-order valence-electron chi connectivity index (χ2n) is 8.93. The van der Waals surface area contributed by atoms with Crippen molar-refractivity contribution in [3.05, 3.63) is 53.2 Å². The number of thiazole rings is 1. The Balaban J connectivity index is 1.45. The maximum atomic E-state index is 15.2. The number of halogens is 2. The lowest BCUT2D eigenvalue weighted by Crippen LogP contribution is -2.36. The minimum absolute atomic E-state index is 0.196. The standard InChI is InChI=1S/C23H22ClFN4O2S/c1-23(2,3)31-22(30)28-8-4-5-17(28)13-6-7-14(15(25)9-13)16-12-29-18-11-26-20(24)10-19(18)32-21(29)27-16/h6-7,9-12,17H,4-5,8H2,1-3H3. The summed E-state index contributed by atoms with van der Waals surface area (Å²) in [5.41, 5.74) is 2.04. The highest BCUT2D eigenvalue weighted by Crippen LogP contribution is 2.36. The molecule has 1 saturated heterocycles. The van der Waals surface area contributed by atoms with Crippen LogP contribution >= 0.6 is 22.9 Å². The summed E-state index contributed by atoms with van der Waals surface area (Å²) >= 11 is 7.45. The highest BCUT2D eigenvalue weighted by molar-refractivity contribution is 7.23. The number of hydrogen-bond donors (Lipinski definition) is 0. The van der Waals surface area contributed by atoms with Crippen LogP contribution in [0.3, 0.4) is 0 Å². The third kappa shape index (κ3) is 3.82. The zero-order valence-electron chi connectivity index (χ0n) is 17.9. The number of pyridine rings is 1. The molecule has 1 aliphatic heterocycles. The highest BCUT2D eigenvalue weighted by atomic mass is 35.5. The van der Waals surface area contributed by atoms with Gasteiger partial charge in [0.25, 0.3) is 0 Å². The molecule has 32 heavy (non-hydrogen) atoms. The van der Waals surface area contributed by atoms with Gasteiger partial charge in [0.2, 0.25) is 0 Å². The van der Waals surface area contributed by atoms with Gasteiger partial charge in [-0.25, -0.2) is 19.2 Å². The van der Waals surface area contributed by atoms with Gasteiger partial charge < -0.3 is 9.64 Å². The first-order valence-electron chi connectivity index (χ1n) is 10.4. The number of fused-ring (bicyclic) bond motifs is 3. The van der Waals surface area contributed by atoms with Crippen molar-refractivity contribution in [1.29, 1.82) is 0 Å². The quantitative estimate of drug-likeness (QED) is 0.313. The predicted octanol–water partition coefficient (Wildman–Crippen LogP) is 6.48. The molecule has 0 aliphatic carbocycles. The van der Waals surface area contributed by atoms with E-state index >= 15 is 4.39 Å². The van der Waals surface area contributed by atoms with Crippen LogP contribution in [0, 0.1) is 5.82 Å². The van der Waals surface area contributed by atoms with Gasteiger partial charge in [0.15, 0.2) is 4.96 Å². The fraction of sp³-hybridized carbons (Fsp3) is 0.348. The minimum atomic E-state index is -0.571. The van der Waals surface area contributed by atoms with Gasteiger partial charge in [-0.2, -0.15) is 0 Å². The SMILES string of the molecule is CC(C)(C)OC(=O)N1CCCC1c1ccc(-c2cn3c(n2)sc2cc(Cl)ncc23)c(F)c1. The van der Waals surface area contributed by atoms with E-state index in [1.807, 2.05) is 37.4 Å². The average molecular weight is 473 g/mol. The van der Waals surface area contributed by atoms with E-state index in [0.29, 0.717) is 23.0 Å². The molecule has 1 atom stereocenters. The third-order valence-electron chi connectivity index (χ3n) is 5.48. The third-order valence-corrected chi connectivity index (χ3v) is 6.71. The van der Waals surface area contributed by atoms with Crippen LogP contribution in [0.1, 0.15) is 45.2 Å². The lowest BCUT2D eigenvalue weighted by molar-refractivity contribution is 0.0224. The summed E-state index contributed by atoms with van der Waals surface area (Å²) in [6, 6.07) is 6.72. The number of hydrogen-bond acceptors (Lipinski definition) is 5. The second kappa shape index (κ2) is 7.71. The second-order valence-corrected chi connectivity index (χ2v) is 10.3. The van der Waals surface area contributed by atoms with Crippen molar-refractivity contribution in [2.45, 2.75) is 45.3 Å². The topological polar surface area (TPSA) is 59.7 Å². The first kappa shape index (κ1) is 21.2. The van der Waals surface area contributed by atoms with E-state index in [0.717, 1.165) is 33.6 Å². The first-order valence-corrected chi connectivity index (χ1v) is 11.6. The van der Waals surface area contributed by atoms with Crippen LogP contribution in [-0.2, 0) is 4.74 Å². The molecule has 4 aromatic rings. The summed E-state index contributed by atoms with van der Waals surface area (Å²) < 4.78 is 23.6. The molecule has 1 aliphatic rings. The van der Waals surface area contributed by atoms with Crippen LogP contribution in [0.25, 0.3) is 26.4 Å². The molecule has 0 radical (unpaired) electrons. The van der Waals surface area contributed by atoms with Crippen LogP contribution in [0.5, 0.6) is 0 Å². The van der Waals surface area contributed by atoms with Crippen LogP contribution < -0.4 is 0 Å². The van der Waals surface area contributed by atoms with Gasteiger partial charge in [-0.1, -0.05) is 29.0 Å². The Hall–Kier alpha value is -2.71. The van der Waals surface area contributed by atoms with E-state index in [1.54, 1.807) is 23.2 Å². The molecule has 0 N–H and O–H groups in total. The maximum Gasteiger partial charge on any atom is 0.410 e. The van der Waals surface area contributed by atoms with E-state index in [9.17, 15) is 4.79 Å². The summed E-state index contributed by atoms with van der Waals surface area (Å²) in [4.78, 5) is 23.8. The number of nitrogens with zero attached hydrogens (tertiary/aromatic N) is 4. The zero-order valence-corrected chi connectivity index (χ0v) is 19.5. The monoisotopic (exact) mass is 472 g/mol. The van der Waals surface area contributed by atoms with Gasteiger partial charge in [-0.05, 0) is 57.4 Å². The average Bonchev–Trinajstić information content (AvgIpc) is 3.40. The molecule has 3 aromatic heterocycles. The molecule has 1 fully saturated rings. The summed E-state index contributed by atoms with van der Waals surface area (Å²) in [6.45, 7) is 6.13. The van der Waals surface area contributed by atoms with Gasteiger partial charge in [-0.15, -0.1) is 0 Å². The van der Waals surface area contributed by atoms with E-state index < -0.39 is 5.60 Å². The molecule has 166 valence electrons. The lowest BCUT2D eigenvalue weighted by Gasteiger charge is -2.29. The largest absolute Gasteiger partial charge is 0.444 e. The fourth-order valence-corrected chi connectivity index (χ4v) is 5.34. The summed E-state index contributed by atoms with van der Waals surface area (Å²) in [5.74, 6) is -0.366. The summed E-state index contributed by atoms with van der Waals surface area (Å²) in [7, 11) is 0. The van der Waals surface area contributed by atoms with E-state index in [4.69, 9.17) is 16.3 Å². The van der Waals surface area contributed by atoms with E-state index in [1.165, 1.54) is 17.4 Å².